The predicted octanol–water partition coefficient (Wildman–Crippen LogP) is 5.33. The minimum atomic E-state index is 0.0323. The molecule has 0 aromatic heterocycles. The van der Waals surface area contributed by atoms with Crippen LogP contribution in [0.1, 0.15) is 52.6 Å². The van der Waals surface area contributed by atoms with E-state index in [4.69, 9.17) is 0 Å². The SMILES string of the molecule is ON=C1[C@H]2CCC[C@H]1Cc1cccc(c1O)Cc1cccc(c1O)Cc1cccc(c1O)C2. The lowest BCUT2D eigenvalue weighted by molar-refractivity contribution is 0.299. The molecule has 2 aliphatic rings. The minimum Gasteiger partial charge on any atom is -0.507 e. The van der Waals surface area contributed by atoms with Crippen molar-refractivity contribution in [1.82, 2.24) is 0 Å². The van der Waals surface area contributed by atoms with Crippen LogP contribution in [0.3, 0.4) is 0 Å². The molecule has 5 rings (SSSR count). The van der Waals surface area contributed by atoms with E-state index in [2.05, 4.69) is 5.16 Å². The third-order valence-corrected chi connectivity index (χ3v) is 7.36. The Hall–Kier alpha value is -3.47. The number of para-hydroxylation sites is 3. The second-order valence-corrected chi connectivity index (χ2v) is 9.39. The molecule has 0 aliphatic heterocycles. The molecule has 3 aromatic carbocycles. The van der Waals surface area contributed by atoms with E-state index in [9.17, 15) is 20.5 Å². The maximum Gasteiger partial charge on any atom is 0.122 e. The molecule has 2 atom stereocenters. The quantitative estimate of drug-likeness (QED) is 0.279. The van der Waals surface area contributed by atoms with Gasteiger partial charge in [-0.25, -0.2) is 0 Å². The van der Waals surface area contributed by atoms with Crippen LogP contribution in [0.25, 0.3) is 0 Å². The summed E-state index contributed by atoms with van der Waals surface area (Å²) in [5, 5.41) is 46.8. The lowest BCUT2D eigenvalue weighted by Gasteiger charge is -2.31. The Kier molecular flexibility index (Phi) is 5.71. The second kappa shape index (κ2) is 8.81. The molecule has 8 bridgehead atoms. The van der Waals surface area contributed by atoms with E-state index in [1.54, 1.807) is 0 Å². The van der Waals surface area contributed by atoms with Crippen LogP contribution in [-0.2, 0) is 25.7 Å². The molecule has 2 aliphatic carbocycles. The lowest BCUT2D eigenvalue weighted by atomic mass is 9.74. The van der Waals surface area contributed by atoms with Crippen LogP contribution < -0.4 is 0 Å². The zero-order valence-electron chi connectivity index (χ0n) is 18.5. The molecular weight excluding hydrogens is 414 g/mol. The van der Waals surface area contributed by atoms with Gasteiger partial charge in [-0.05, 0) is 59.1 Å². The first-order chi connectivity index (χ1) is 16.0. The standard InChI is InChI=1S/C28H29NO4/c30-26-19-7-2-9-21(26)15-23-11-4-12-24(28(23)32)16-22-10-3-8-20(27(22)31)14-18-6-1-5-17(13-19)25(18)29-33/h2-4,7-12,17-18,30-33H,1,5-6,13-16H2/t17-,18-/m0/s1. The molecule has 170 valence electrons. The first-order valence-electron chi connectivity index (χ1n) is 11.7. The molecule has 33 heavy (non-hydrogen) atoms. The summed E-state index contributed by atoms with van der Waals surface area (Å²) in [4.78, 5) is 0. The number of fused-ring (bicyclic) bond motifs is 8. The van der Waals surface area contributed by atoms with Crippen LogP contribution in [0.5, 0.6) is 17.2 Å². The molecule has 5 heteroatoms. The first kappa shape index (κ1) is 21.4. The van der Waals surface area contributed by atoms with Gasteiger partial charge in [-0.1, -0.05) is 66.2 Å². The fourth-order valence-corrected chi connectivity index (χ4v) is 5.59. The van der Waals surface area contributed by atoms with Gasteiger partial charge in [0.2, 0.25) is 0 Å². The molecule has 4 N–H and O–H groups in total. The van der Waals surface area contributed by atoms with Crippen molar-refractivity contribution in [1.29, 1.82) is 0 Å². The first-order valence-corrected chi connectivity index (χ1v) is 11.7. The van der Waals surface area contributed by atoms with Gasteiger partial charge in [0, 0.05) is 24.7 Å². The van der Waals surface area contributed by atoms with Crippen molar-refractivity contribution in [3.8, 4) is 17.2 Å². The van der Waals surface area contributed by atoms with Gasteiger partial charge in [-0.3, -0.25) is 0 Å². The summed E-state index contributed by atoms with van der Waals surface area (Å²) in [5.41, 5.74) is 5.39. The fraction of sp³-hybridized carbons (Fsp3) is 0.321. The Balaban J connectivity index is 1.66. The van der Waals surface area contributed by atoms with E-state index in [1.165, 1.54) is 0 Å². The summed E-state index contributed by atoms with van der Waals surface area (Å²) < 4.78 is 0. The van der Waals surface area contributed by atoms with Gasteiger partial charge >= 0.3 is 0 Å². The zero-order chi connectivity index (χ0) is 22.9. The van der Waals surface area contributed by atoms with Crippen LogP contribution in [0.2, 0.25) is 0 Å². The molecule has 0 heterocycles. The van der Waals surface area contributed by atoms with Crippen molar-refractivity contribution < 1.29 is 20.5 Å². The molecule has 0 radical (unpaired) electrons. The van der Waals surface area contributed by atoms with Crippen molar-refractivity contribution in [2.45, 2.75) is 44.9 Å². The predicted molar refractivity (Wildman–Crippen MR) is 127 cm³/mol. The van der Waals surface area contributed by atoms with E-state index in [0.717, 1.165) is 58.4 Å². The minimum absolute atomic E-state index is 0.0323. The highest BCUT2D eigenvalue weighted by Crippen LogP contribution is 2.38. The van der Waals surface area contributed by atoms with Crippen molar-refractivity contribution in [2.24, 2.45) is 17.0 Å². The van der Waals surface area contributed by atoms with Crippen molar-refractivity contribution in [3.63, 3.8) is 0 Å². The second-order valence-electron chi connectivity index (χ2n) is 9.39. The summed E-state index contributed by atoms with van der Waals surface area (Å²) >= 11 is 0. The van der Waals surface area contributed by atoms with Gasteiger partial charge < -0.3 is 20.5 Å². The molecule has 1 saturated carbocycles. The summed E-state index contributed by atoms with van der Waals surface area (Å²) in [5.74, 6) is 0.758. The van der Waals surface area contributed by atoms with Crippen LogP contribution in [0, 0.1) is 11.8 Å². The number of benzene rings is 3. The van der Waals surface area contributed by atoms with Gasteiger partial charge in [-0.2, -0.15) is 0 Å². The number of phenols is 3. The molecule has 0 unspecified atom stereocenters. The summed E-state index contributed by atoms with van der Waals surface area (Å²) in [6, 6.07) is 17.1. The van der Waals surface area contributed by atoms with Crippen molar-refractivity contribution in [3.05, 3.63) is 88.0 Å². The average Bonchev–Trinajstić information content (AvgIpc) is 2.81. The lowest BCUT2D eigenvalue weighted by Crippen LogP contribution is -2.31. The van der Waals surface area contributed by atoms with Crippen molar-refractivity contribution >= 4 is 5.71 Å². The summed E-state index contributed by atoms with van der Waals surface area (Å²) in [6.07, 6.45) is 4.79. The molecule has 5 nitrogen and oxygen atoms in total. The van der Waals surface area contributed by atoms with Gasteiger partial charge in [0.05, 0.1) is 5.71 Å². The molecule has 0 spiro atoms. The number of rotatable bonds is 0. The van der Waals surface area contributed by atoms with Gasteiger partial charge in [0.1, 0.15) is 17.2 Å². The third kappa shape index (κ3) is 4.04. The topological polar surface area (TPSA) is 93.3 Å². The Morgan fingerprint density at radius 2 is 0.939 bits per heavy atom. The largest absolute Gasteiger partial charge is 0.507 e. The van der Waals surface area contributed by atoms with Gasteiger partial charge in [0.25, 0.3) is 0 Å². The van der Waals surface area contributed by atoms with E-state index in [-0.39, 0.29) is 29.1 Å². The van der Waals surface area contributed by atoms with Crippen LogP contribution in [0.15, 0.2) is 59.8 Å². The number of nitrogens with zero attached hydrogens (tertiary/aromatic N) is 1. The Morgan fingerprint density at radius 1 is 0.576 bits per heavy atom. The monoisotopic (exact) mass is 443 g/mol. The maximum atomic E-state index is 11.1. The molecule has 0 saturated heterocycles. The zero-order valence-corrected chi connectivity index (χ0v) is 18.5. The Labute approximate surface area is 193 Å². The van der Waals surface area contributed by atoms with E-state index in [1.807, 2.05) is 54.6 Å². The summed E-state index contributed by atoms with van der Waals surface area (Å²) in [6.45, 7) is 0. The van der Waals surface area contributed by atoms with Gasteiger partial charge in [0.15, 0.2) is 0 Å². The highest BCUT2D eigenvalue weighted by atomic mass is 16.4. The number of hydrogen-bond donors (Lipinski definition) is 4. The highest BCUT2D eigenvalue weighted by Gasteiger charge is 2.31. The van der Waals surface area contributed by atoms with Crippen LogP contribution in [0.4, 0.5) is 0 Å². The van der Waals surface area contributed by atoms with E-state index >= 15 is 0 Å². The molecular formula is C28H29NO4. The van der Waals surface area contributed by atoms with E-state index in [0.29, 0.717) is 25.7 Å². The fourth-order valence-electron chi connectivity index (χ4n) is 5.59. The van der Waals surface area contributed by atoms with Crippen LogP contribution >= 0.6 is 0 Å². The number of phenolic OH excluding ortho intramolecular Hbond substituents is 3. The normalized spacial score (nSPS) is 20.3. The third-order valence-electron chi connectivity index (χ3n) is 7.36. The summed E-state index contributed by atoms with van der Waals surface area (Å²) in [7, 11) is 0. The maximum absolute atomic E-state index is 11.1. The number of hydrogen-bond acceptors (Lipinski definition) is 5. The molecule has 3 aromatic rings. The smallest absolute Gasteiger partial charge is 0.122 e. The highest BCUT2D eigenvalue weighted by molar-refractivity contribution is 5.89. The van der Waals surface area contributed by atoms with E-state index < -0.39 is 0 Å². The van der Waals surface area contributed by atoms with Crippen LogP contribution in [-0.4, -0.2) is 26.2 Å². The number of oxime groups is 1. The number of aromatic hydroxyl groups is 3. The van der Waals surface area contributed by atoms with Crippen molar-refractivity contribution in [2.75, 3.05) is 0 Å². The Bertz CT molecular complexity index is 1130. The van der Waals surface area contributed by atoms with Gasteiger partial charge in [-0.15, -0.1) is 0 Å². The molecule has 1 fully saturated rings. The Morgan fingerprint density at radius 3 is 1.33 bits per heavy atom. The average molecular weight is 444 g/mol. The molecule has 0 amide bonds.